The van der Waals surface area contributed by atoms with E-state index < -0.39 is 0 Å². The number of hydrogen-bond acceptors (Lipinski definition) is 2. The molecule has 1 aromatic rings. The minimum absolute atomic E-state index is 0.295. The molecule has 0 radical (unpaired) electrons. The molecule has 1 unspecified atom stereocenters. The van der Waals surface area contributed by atoms with E-state index in [1.165, 1.54) is 0 Å². The quantitative estimate of drug-likeness (QED) is 0.583. The fourth-order valence-corrected chi connectivity index (χ4v) is 1.31. The van der Waals surface area contributed by atoms with E-state index >= 15 is 0 Å². The Morgan fingerprint density at radius 1 is 1.27 bits per heavy atom. The summed E-state index contributed by atoms with van der Waals surface area (Å²) in [6.07, 6.45) is 7.11. The molecule has 2 nitrogen and oxygen atoms in total. The first kappa shape index (κ1) is 9.66. The first-order valence-corrected chi connectivity index (χ1v) is 4.83. The summed E-state index contributed by atoms with van der Waals surface area (Å²) in [5.41, 5.74) is 10.9. The van der Waals surface area contributed by atoms with Gasteiger partial charge in [-0.2, -0.15) is 0 Å². The van der Waals surface area contributed by atoms with E-state index in [9.17, 15) is 0 Å². The van der Waals surface area contributed by atoms with Crippen LogP contribution in [0.3, 0.4) is 0 Å². The molecule has 2 rings (SSSR count). The van der Waals surface area contributed by atoms with Crippen LogP contribution in [0.1, 0.15) is 5.56 Å². The molecule has 0 saturated carbocycles. The molecule has 2 N–H and O–H groups in total. The summed E-state index contributed by atoms with van der Waals surface area (Å²) in [5, 5.41) is 0. The maximum absolute atomic E-state index is 5.87. The Morgan fingerprint density at radius 2 is 2.07 bits per heavy atom. The van der Waals surface area contributed by atoms with Crippen molar-refractivity contribution < 1.29 is 0 Å². The van der Waals surface area contributed by atoms with Crippen molar-refractivity contribution in [2.45, 2.75) is 6.17 Å². The van der Waals surface area contributed by atoms with Gasteiger partial charge in [-0.05, 0) is 29.4 Å². The lowest BCUT2D eigenvalue weighted by atomic mass is 10.2. The number of aliphatic imine (C=N–C) groups is 1. The lowest BCUT2D eigenvalue weighted by Crippen LogP contribution is -2.18. The first-order valence-electron chi connectivity index (χ1n) is 4.83. The van der Waals surface area contributed by atoms with Gasteiger partial charge in [0.2, 0.25) is 0 Å². The fourth-order valence-electron chi connectivity index (χ4n) is 1.31. The molecule has 15 heavy (non-hydrogen) atoms. The number of hydrogen-bond donors (Lipinski definition) is 1. The average molecular weight is 196 g/mol. The fraction of sp³-hybridized carbons (Fsp3) is 0.0769. The average Bonchev–Trinajstić information content (AvgIpc) is 2.81. The Hall–Kier alpha value is -1.89. The minimum Gasteiger partial charge on any atom is -0.306 e. The van der Waals surface area contributed by atoms with Crippen LogP contribution in [0.2, 0.25) is 0 Å². The number of rotatable bonds is 3. The third-order valence-electron chi connectivity index (χ3n) is 2.15. The van der Waals surface area contributed by atoms with Crippen molar-refractivity contribution in [3.05, 3.63) is 65.4 Å². The van der Waals surface area contributed by atoms with Gasteiger partial charge in [-0.15, -0.1) is 5.73 Å². The Balaban J connectivity index is 2.03. The summed E-state index contributed by atoms with van der Waals surface area (Å²) in [7, 11) is 0. The Labute approximate surface area is 89.1 Å². The lowest BCUT2D eigenvalue weighted by molar-refractivity contribution is 0.848. The number of nitrogens with zero attached hydrogens (tertiary/aromatic N) is 1. The van der Waals surface area contributed by atoms with E-state index in [-0.39, 0.29) is 6.17 Å². The second-order valence-corrected chi connectivity index (χ2v) is 3.28. The van der Waals surface area contributed by atoms with Crippen molar-refractivity contribution in [3.63, 3.8) is 0 Å². The normalized spacial score (nSPS) is 15.9. The zero-order valence-corrected chi connectivity index (χ0v) is 8.30. The lowest BCUT2D eigenvalue weighted by Gasteiger charge is -2.04. The SMILES string of the molecule is NC(/N=C/c1ccccc1)C1=CC=C=C1. The number of allylic oxidation sites excluding steroid dienone is 1. The van der Waals surface area contributed by atoms with Gasteiger partial charge in [-0.25, -0.2) is 0 Å². The number of benzene rings is 1. The van der Waals surface area contributed by atoms with Gasteiger partial charge in [-0.3, -0.25) is 4.99 Å². The summed E-state index contributed by atoms with van der Waals surface area (Å²) in [6, 6.07) is 9.91. The van der Waals surface area contributed by atoms with Gasteiger partial charge in [0.1, 0.15) is 6.17 Å². The third-order valence-corrected chi connectivity index (χ3v) is 2.15. The maximum atomic E-state index is 5.87. The molecule has 0 saturated heterocycles. The van der Waals surface area contributed by atoms with Crippen LogP contribution >= 0.6 is 0 Å². The van der Waals surface area contributed by atoms with Gasteiger partial charge in [0, 0.05) is 6.21 Å². The van der Waals surface area contributed by atoms with Crippen molar-refractivity contribution in [1.82, 2.24) is 0 Å². The summed E-state index contributed by atoms with van der Waals surface area (Å²) >= 11 is 0. The van der Waals surface area contributed by atoms with E-state index in [1.807, 2.05) is 48.6 Å². The van der Waals surface area contributed by atoms with E-state index in [1.54, 1.807) is 6.21 Å². The molecule has 0 amide bonds. The molecule has 2 heteroatoms. The molecule has 0 bridgehead atoms. The van der Waals surface area contributed by atoms with Crippen LogP contribution in [0.4, 0.5) is 0 Å². The molecule has 1 aromatic carbocycles. The molecule has 0 fully saturated rings. The van der Waals surface area contributed by atoms with Crippen molar-refractivity contribution in [2.75, 3.05) is 0 Å². The highest BCUT2D eigenvalue weighted by atomic mass is 14.9. The first-order chi connectivity index (χ1) is 7.36. The van der Waals surface area contributed by atoms with Gasteiger partial charge < -0.3 is 5.73 Å². The van der Waals surface area contributed by atoms with Crippen LogP contribution in [0.5, 0.6) is 0 Å². The van der Waals surface area contributed by atoms with Crippen LogP contribution in [0.15, 0.2) is 64.9 Å². The summed E-state index contributed by atoms with van der Waals surface area (Å²) < 4.78 is 0. The monoisotopic (exact) mass is 196 g/mol. The second-order valence-electron chi connectivity index (χ2n) is 3.28. The zero-order chi connectivity index (χ0) is 10.5. The summed E-state index contributed by atoms with van der Waals surface area (Å²) in [5.74, 6) is 0. The molecule has 1 aliphatic carbocycles. The van der Waals surface area contributed by atoms with E-state index in [0.717, 1.165) is 11.1 Å². The Morgan fingerprint density at radius 3 is 2.73 bits per heavy atom. The Bertz CT molecular complexity index is 449. The van der Waals surface area contributed by atoms with Gasteiger partial charge in [0.25, 0.3) is 0 Å². The van der Waals surface area contributed by atoms with Gasteiger partial charge >= 0.3 is 0 Å². The topological polar surface area (TPSA) is 38.4 Å². The van der Waals surface area contributed by atoms with E-state index in [4.69, 9.17) is 5.73 Å². The molecule has 1 aliphatic rings. The van der Waals surface area contributed by atoms with Gasteiger partial charge in [0.15, 0.2) is 0 Å². The van der Waals surface area contributed by atoms with Crippen LogP contribution in [-0.4, -0.2) is 12.4 Å². The minimum atomic E-state index is -0.295. The standard InChI is InChI=1S/C13H12N2/c14-13(12-8-4-5-9-12)15-10-11-6-2-1-3-7-11/h1-4,6-10,13H,14H2/b15-10+. The highest BCUT2D eigenvalue weighted by molar-refractivity contribution is 5.79. The van der Waals surface area contributed by atoms with Crippen LogP contribution < -0.4 is 5.73 Å². The van der Waals surface area contributed by atoms with Crippen LogP contribution in [-0.2, 0) is 0 Å². The highest BCUT2D eigenvalue weighted by Gasteiger charge is 2.03. The third kappa shape index (κ3) is 2.53. The Kier molecular flexibility index (Phi) is 2.93. The van der Waals surface area contributed by atoms with E-state index in [0.29, 0.717) is 0 Å². The molecule has 1 atom stereocenters. The van der Waals surface area contributed by atoms with Gasteiger partial charge in [0.05, 0.1) is 0 Å². The molecule has 0 spiro atoms. The molecule has 0 aliphatic heterocycles. The smallest absolute Gasteiger partial charge is 0.123 e. The second kappa shape index (κ2) is 4.56. The van der Waals surface area contributed by atoms with Crippen LogP contribution in [0, 0.1) is 0 Å². The summed E-state index contributed by atoms with van der Waals surface area (Å²) in [6.45, 7) is 0. The van der Waals surface area contributed by atoms with E-state index in [2.05, 4.69) is 10.7 Å². The predicted octanol–water partition coefficient (Wildman–Crippen LogP) is 2.04. The zero-order valence-electron chi connectivity index (χ0n) is 8.30. The molecule has 0 aromatic heterocycles. The largest absolute Gasteiger partial charge is 0.306 e. The van der Waals surface area contributed by atoms with Crippen molar-refractivity contribution in [1.29, 1.82) is 0 Å². The number of nitrogens with two attached hydrogens (primary N) is 1. The summed E-state index contributed by atoms with van der Waals surface area (Å²) in [4.78, 5) is 4.27. The van der Waals surface area contributed by atoms with Gasteiger partial charge in [-0.1, -0.05) is 30.3 Å². The van der Waals surface area contributed by atoms with Crippen molar-refractivity contribution >= 4 is 6.21 Å². The maximum Gasteiger partial charge on any atom is 0.123 e. The van der Waals surface area contributed by atoms with Crippen LogP contribution in [0.25, 0.3) is 0 Å². The molecule has 74 valence electrons. The predicted molar refractivity (Wildman–Crippen MR) is 62.7 cm³/mol. The highest BCUT2D eigenvalue weighted by Crippen LogP contribution is 2.07. The molecule has 0 heterocycles. The molecular formula is C13H12N2. The van der Waals surface area contributed by atoms with Crippen molar-refractivity contribution in [3.8, 4) is 0 Å². The van der Waals surface area contributed by atoms with Crippen molar-refractivity contribution in [2.24, 2.45) is 10.7 Å². The molecular weight excluding hydrogens is 184 g/mol.